The van der Waals surface area contributed by atoms with E-state index in [1.807, 2.05) is 6.07 Å². The molecule has 0 fully saturated rings. The molecule has 2 nitrogen and oxygen atoms in total. The molecule has 0 radical (unpaired) electrons. The van der Waals surface area contributed by atoms with Crippen molar-refractivity contribution in [1.82, 2.24) is 5.32 Å². The van der Waals surface area contributed by atoms with Crippen molar-refractivity contribution in [1.29, 1.82) is 0 Å². The van der Waals surface area contributed by atoms with Crippen LogP contribution in [0.4, 0.5) is 0 Å². The maximum Gasteiger partial charge on any atom is 0.119 e. The summed E-state index contributed by atoms with van der Waals surface area (Å²) in [6.45, 7) is 8.95. The molecule has 0 amide bonds. The number of rotatable bonds is 7. The Balaban J connectivity index is 1.84. The van der Waals surface area contributed by atoms with Gasteiger partial charge in [-0.1, -0.05) is 55.8 Å². The zero-order chi connectivity index (χ0) is 15.1. The lowest BCUT2D eigenvalue weighted by atomic mass is 10.1. The first-order chi connectivity index (χ1) is 10.1. The van der Waals surface area contributed by atoms with Crippen LogP contribution in [0.1, 0.15) is 30.5 Å². The van der Waals surface area contributed by atoms with Crippen molar-refractivity contribution >= 4 is 0 Å². The van der Waals surface area contributed by atoms with Gasteiger partial charge in [-0.25, -0.2) is 0 Å². The van der Waals surface area contributed by atoms with Gasteiger partial charge >= 0.3 is 0 Å². The van der Waals surface area contributed by atoms with Crippen LogP contribution < -0.4 is 10.1 Å². The summed E-state index contributed by atoms with van der Waals surface area (Å²) in [5.74, 6) is 1.51. The molecule has 2 aromatic rings. The van der Waals surface area contributed by atoms with Crippen molar-refractivity contribution in [3.05, 3.63) is 65.2 Å². The smallest absolute Gasteiger partial charge is 0.119 e. The fourth-order valence-corrected chi connectivity index (χ4v) is 2.18. The molecule has 0 heterocycles. The van der Waals surface area contributed by atoms with Gasteiger partial charge in [-0.15, -0.1) is 0 Å². The van der Waals surface area contributed by atoms with Crippen molar-refractivity contribution in [2.75, 3.05) is 6.61 Å². The monoisotopic (exact) mass is 283 g/mol. The quantitative estimate of drug-likeness (QED) is 0.817. The second kappa shape index (κ2) is 7.84. The highest BCUT2D eigenvalue weighted by Gasteiger charge is 2.00. The van der Waals surface area contributed by atoms with E-state index in [9.17, 15) is 0 Å². The van der Waals surface area contributed by atoms with E-state index in [4.69, 9.17) is 4.74 Å². The summed E-state index contributed by atoms with van der Waals surface area (Å²) in [4.78, 5) is 0. The van der Waals surface area contributed by atoms with Crippen LogP contribution in [0.3, 0.4) is 0 Å². The highest BCUT2D eigenvalue weighted by atomic mass is 16.5. The Morgan fingerprint density at radius 2 is 1.62 bits per heavy atom. The molecule has 2 rings (SSSR count). The SMILES string of the molecule is Cc1cccc(CNCc2cccc(OCC(C)C)c2)c1. The average molecular weight is 283 g/mol. The van der Waals surface area contributed by atoms with Crippen LogP contribution in [0.5, 0.6) is 5.75 Å². The molecule has 1 N–H and O–H groups in total. The molecule has 0 aliphatic heterocycles. The van der Waals surface area contributed by atoms with Gasteiger partial charge in [-0.05, 0) is 36.1 Å². The summed E-state index contributed by atoms with van der Waals surface area (Å²) in [7, 11) is 0. The summed E-state index contributed by atoms with van der Waals surface area (Å²) >= 11 is 0. The first kappa shape index (κ1) is 15.6. The fourth-order valence-electron chi connectivity index (χ4n) is 2.18. The highest BCUT2D eigenvalue weighted by Crippen LogP contribution is 2.14. The molecule has 2 heteroatoms. The third-order valence-corrected chi connectivity index (χ3v) is 3.22. The molecule has 0 aliphatic carbocycles. The van der Waals surface area contributed by atoms with Crippen LogP contribution >= 0.6 is 0 Å². The number of benzene rings is 2. The van der Waals surface area contributed by atoms with Crippen molar-refractivity contribution in [3.8, 4) is 5.75 Å². The molecule has 2 aromatic carbocycles. The van der Waals surface area contributed by atoms with E-state index in [1.165, 1.54) is 16.7 Å². The molecule has 0 unspecified atom stereocenters. The second-order valence-corrected chi connectivity index (χ2v) is 5.94. The summed E-state index contributed by atoms with van der Waals surface area (Å²) in [5, 5.41) is 3.48. The Morgan fingerprint density at radius 1 is 0.952 bits per heavy atom. The van der Waals surface area contributed by atoms with Gasteiger partial charge in [0.1, 0.15) is 5.75 Å². The van der Waals surface area contributed by atoms with E-state index in [0.717, 1.165) is 25.4 Å². The van der Waals surface area contributed by atoms with Crippen LogP contribution in [0.2, 0.25) is 0 Å². The highest BCUT2D eigenvalue weighted by molar-refractivity contribution is 5.28. The summed E-state index contributed by atoms with van der Waals surface area (Å²) < 4.78 is 5.76. The van der Waals surface area contributed by atoms with Crippen LogP contribution in [-0.4, -0.2) is 6.61 Å². The van der Waals surface area contributed by atoms with E-state index < -0.39 is 0 Å². The predicted molar refractivity (Wildman–Crippen MR) is 88.5 cm³/mol. The normalized spacial score (nSPS) is 10.9. The van der Waals surface area contributed by atoms with Gasteiger partial charge in [-0.2, -0.15) is 0 Å². The summed E-state index contributed by atoms with van der Waals surface area (Å²) in [5.41, 5.74) is 3.88. The average Bonchev–Trinajstić information content (AvgIpc) is 2.46. The van der Waals surface area contributed by atoms with Crippen LogP contribution in [0.15, 0.2) is 48.5 Å². The van der Waals surface area contributed by atoms with Crippen LogP contribution in [0.25, 0.3) is 0 Å². The largest absolute Gasteiger partial charge is 0.493 e. The van der Waals surface area contributed by atoms with Crippen LogP contribution in [0, 0.1) is 12.8 Å². The second-order valence-electron chi connectivity index (χ2n) is 5.94. The molecule has 0 saturated carbocycles. The van der Waals surface area contributed by atoms with Crippen LogP contribution in [-0.2, 0) is 13.1 Å². The molecule has 21 heavy (non-hydrogen) atoms. The number of aryl methyl sites for hydroxylation is 1. The van der Waals surface area contributed by atoms with Crippen molar-refractivity contribution in [2.45, 2.75) is 33.9 Å². The Labute approximate surface area is 128 Å². The fraction of sp³-hybridized carbons (Fsp3) is 0.368. The third kappa shape index (κ3) is 5.60. The van der Waals surface area contributed by atoms with E-state index in [1.54, 1.807) is 0 Å². The first-order valence-corrected chi connectivity index (χ1v) is 7.61. The van der Waals surface area contributed by atoms with Gasteiger partial charge < -0.3 is 10.1 Å². The zero-order valence-electron chi connectivity index (χ0n) is 13.2. The van der Waals surface area contributed by atoms with Gasteiger partial charge in [0.15, 0.2) is 0 Å². The maximum absolute atomic E-state index is 5.76. The van der Waals surface area contributed by atoms with Gasteiger partial charge in [0.25, 0.3) is 0 Å². The lowest BCUT2D eigenvalue weighted by molar-refractivity contribution is 0.271. The minimum absolute atomic E-state index is 0.549. The van der Waals surface area contributed by atoms with E-state index >= 15 is 0 Å². The number of hydrogen-bond donors (Lipinski definition) is 1. The molecule has 0 bridgehead atoms. The minimum Gasteiger partial charge on any atom is -0.493 e. The number of hydrogen-bond acceptors (Lipinski definition) is 2. The Kier molecular flexibility index (Phi) is 5.82. The van der Waals surface area contributed by atoms with Crippen molar-refractivity contribution < 1.29 is 4.74 Å². The van der Waals surface area contributed by atoms with Crippen molar-refractivity contribution in [3.63, 3.8) is 0 Å². The summed E-state index contributed by atoms with van der Waals surface area (Å²) in [6.07, 6.45) is 0. The van der Waals surface area contributed by atoms with E-state index in [-0.39, 0.29) is 0 Å². The van der Waals surface area contributed by atoms with Crippen molar-refractivity contribution in [2.24, 2.45) is 5.92 Å². The van der Waals surface area contributed by atoms with E-state index in [2.05, 4.69) is 68.6 Å². The van der Waals surface area contributed by atoms with Gasteiger partial charge in [0, 0.05) is 13.1 Å². The molecule has 0 aliphatic rings. The lowest BCUT2D eigenvalue weighted by Gasteiger charge is -2.10. The Hall–Kier alpha value is -1.80. The Morgan fingerprint density at radius 3 is 2.29 bits per heavy atom. The molecule has 112 valence electrons. The predicted octanol–water partition coefficient (Wildman–Crippen LogP) is 4.32. The number of ether oxygens (including phenoxy) is 1. The molecule has 0 atom stereocenters. The van der Waals surface area contributed by atoms with Gasteiger partial charge in [0.05, 0.1) is 6.61 Å². The van der Waals surface area contributed by atoms with Gasteiger partial charge in [-0.3, -0.25) is 0 Å². The first-order valence-electron chi connectivity index (χ1n) is 7.61. The third-order valence-electron chi connectivity index (χ3n) is 3.22. The number of nitrogens with one attached hydrogen (secondary N) is 1. The minimum atomic E-state index is 0.549. The standard InChI is InChI=1S/C19H25NO/c1-15(2)14-21-19-9-5-8-18(11-19)13-20-12-17-7-4-6-16(3)10-17/h4-11,15,20H,12-14H2,1-3H3. The Bertz CT molecular complexity index is 563. The zero-order valence-corrected chi connectivity index (χ0v) is 13.2. The maximum atomic E-state index is 5.76. The molecular formula is C19H25NO. The molecular weight excluding hydrogens is 258 g/mol. The molecule has 0 aromatic heterocycles. The molecule has 0 spiro atoms. The van der Waals surface area contributed by atoms with Gasteiger partial charge in [0.2, 0.25) is 0 Å². The topological polar surface area (TPSA) is 21.3 Å². The summed E-state index contributed by atoms with van der Waals surface area (Å²) in [6, 6.07) is 16.9. The van der Waals surface area contributed by atoms with E-state index in [0.29, 0.717) is 5.92 Å². The lowest BCUT2D eigenvalue weighted by Crippen LogP contribution is -2.13. The molecule has 0 saturated heterocycles.